The fraction of sp³-hybridized carbons (Fsp3) is 0.333. The van der Waals surface area contributed by atoms with Gasteiger partial charge in [0.1, 0.15) is 11.4 Å². The predicted octanol–water partition coefficient (Wildman–Crippen LogP) is 3.75. The molecule has 0 aliphatic carbocycles. The average Bonchev–Trinajstić information content (AvgIpc) is 2.84. The van der Waals surface area contributed by atoms with E-state index in [1.807, 2.05) is 11.5 Å². The van der Waals surface area contributed by atoms with Crippen molar-refractivity contribution in [2.75, 3.05) is 12.4 Å². The van der Waals surface area contributed by atoms with Gasteiger partial charge >= 0.3 is 5.97 Å². The Labute approximate surface area is 138 Å². The van der Waals surface area contributed by atoms with Crippen molar-refractivity contribution in [2.45, 2.75) is 24.9 Å². The van der Waals surface area contributed by atoms with E-state index in [4.69, 9.17) is 4.74 Å². The molecule has 0 radical (unpaired) electrons. The van der Waals surface area contributed by atoms with Crippen LogP contribution in [-0.2, 0) is 4.74 Å². The molecule has 4 nitrogen and oxygen atoms in total. The lowest BCUT2D eigenvalue weighted by molar-refractivity contribution is 0.0519. The maximum absolute atomic E-state index is 13.8. The number of esters is 1. The minimum atomic E-state index is -0.657. The number of benzene rings is 1. The summed E-state index contributed by atoms with van der Waals surface area (Å²) in [4.78, 5) is 25.0. The van der Waals surface area contributed by atoms with Crippen molar-refractivity contribution in [2.24, 2.45) is 0 Å². The van der Waals surface area contributed by atoms with Gasteiger partial charge in [0.05, 0.1) is 27.0 Å². The minimum Gasteiger partial charge on any atom is -0.462 e. The summed E-state index contributed by atoms with van der Waals surface area (Å²) in [5, 5.41) is 0.781. The van der Waals surface area contributed by atoms with Gasteiger partial charge in [0, 0.05) is 11.8 Å². The van der Waals surface area contributed by atoms with Crippen molar-refractivity contribution >= 4 is 44.6 Å². The third-order valence-corrected chi connectivity index (χ3v) is 5.70. The van der Waals surface area contributed by atoms with Gasteiger partial charge in [-0.1, -0.05) is 0 Å². The minimum absolute atomic E-state index is 0.00463. The molecule has 0 fully saturated rings. The van der Waals surface area contributed by atoms with Crippen LogP contribution < -0.4 is 5.43 Å². The van der Waals surface area contributed by atoms with E-state index in [9.17, 15) is 14.0 Å². The summed E-state index contributed by atoms with van der Waals surface area (Å²) in [5.41, 5.74) is 0.126. The standard InChI is InChI=1S/C15H13BrFNO3S/c1-3-21-15(20)11-13(19)10-9(5-4-8(17)12(10)16)18-7(2)6-22-14(11)18/h4-5,7H,3,6H2,1-2H3. The molecule has 0 N–H and O–H groups in total. The van der Waals surface area contributed by atoms with Gasteiger partial charge < -0.3 is 9.30 Å². The van der Waals surface area contributed by atoms with Gasteiger partial charge in [-0.3, -0.25) is 4.79 Å². The van der Waals surface area contributed by atoms with Gasteiger partial charge in [0.15, 0.2) is 0 Å². The number of ether oxygens (including phenoxy) is 1. The molecule has 1 unspecified atom stereocenters. The van der Waals surface area contributed by atoms with Crippen LogP contribution in [-0.4, -0.2) is 22.9 Å². The zero-order valence-corrected chi connectivity index (χ0v) is 14.4. The Balaban J connectivity index is 2.47. The van der Waals surface area contributed by atoms with E-state index < -0.39 is 17.2 Å². The maximum Gasteiger partial charge on any atom is 0.344 e. The molecule has 1 aliphatic heterocycles. The molecule has 3 rings (SSSR count). The normalized spacial score (nSPS) is 16.8. The van der Waals surface area contributed by atoms with Crippen LogP contribution in [0.25, 0.3) is 10.9 Å². The molecule has 7 heteroatoms. The highest BCUT2D eigenvalue weighted by Gasteiger charge is 2.31. The van der Waals surface area contributed by atoms with E-state index >= 15 is 0 Å². The van der Waals surface area contributed by atoms with Crippen LogP contribution in [0.5, 0.6) is 0 Å². The Kier molecular flexibility index (Phi) is 4.03. The smallest absolute Gasteiger partial charge is 0.344 e. The molecule has 22 heavy (non-hydrogen) atoms. The third kappa shape index (κ3) is 2.18. The topological polar surface area (TPSA) is 48.3 Å². The van der Waals surface area contributed by atoms with E-state index in [0.717, 1.165) is 5.75 Å². The maximum atomic E-state index is 13.8. The van der Waals surface area contributed by atoms with Crippen molar-refractivity contribution in [1.29, 1.82) is 0 Å². The summed E-state index contributed by atoms with van der Waals surface area (Å²) < 4.78 is 20.9. The zero-order valence-electron chi connectivity index (χ0n) is 12.0. The lowest BCUT2D eigenvalue weighted by Gasteiger charge is -2.16. The molecule has 1 aliphatic rings. The Bertz CT molecular complexity index is 849. The Morgan fingerprint density at radius 2 is 2.27 bits per heavy atom. The number of carbonyl (C=O) groups excluding carboxylic acids is 1. The Morgan fingerprint density at radius 1 is 1.55 bits per heavy atom. The molecule has 1 aromatic carbocycles. The summed E-state index contributed by atoms with van der Waals surface area (Å²) in [6, 6.07) is 3.00. The van der Waals surface area contributed by atoms with Gasteiger partial charge in [-0.05, 0) is 41.9 Å². The number of carbonyl (C=O) groups is 1. The average molecular weight is 386 g/mol. The predicted molar refractivity (Wildman–Crippen MR) is 87.3 cm³/mol. The Hall–Kier alpha value is -1.34. The first kappa shape index (κ1) is 15.6. The van der Waals surface area contributed by atoms with Gasteiger partial charge in [-0.2, -0.15) is 0 Å². The van der Waals surface area contributed by atoms with Crippen molar-refractivity contribution in [3.63, 3.8) is 0 Å². The molecule has 0 amide bonds. The fourth-order valence-corrected chi connectivity index (χ4v) is 4.45. The number of hydrogen-bond donors (Lipinski definition) is 0. The largest absolute Gasteiger partial charge is 0.462 e. The second kappa shape index (κ2) is 5.70. The molecular weight excluding hydrogens is 373 g/mol. The van der Waals surface area contributed by atoms with Crippen LogP contribution in [0, 0.1) is 5.82 Å². The van der Waals surface area contributed by atoms with Crippen molar-refractivity contribution < 1.29 is 13.9 Å². The van der Waals surface area contributed by atoms with Crippen LogP contribution in [0.4, 0.5) is 4.39 Å². The SMILES string of the molecule is CCOC(=O)c1c2n(c3ccc(F)c(Br)c3c1=O)C(C)CS2. The summed E-state index contributed by atoms with van der Waals surface area (Å²) in [6.07, 6.45) is 0. The number of pyridine rings is 1. The highest BCUT2D eigenvalue weighted by molar-refractivity contribution is 9.10. The molecule has 1 aromatic heterocycles. The highest BCUT2D eigenvalue weighted by atomic mass is 79.9. The molecule has 116 valence electrons. The van der Waals surface area contributed by atoms with E-state index in [1.54, 1.807) is 13.0 Å². The van der Waals surface area contributed by atoms with Crippen LogP contribution >= 0.6 is 27.7 Å². The van der Waals surface area contributed by atoms with E-state index in [0.29, 0.717) is 10.5 Å². The third-order valence-electron chi connectivity index (χ3n) is 3.60. The first-order chi connectivity index (χ1) is 10.5. The molecular formula is C15H13BrFNO3S. The summed E-state index contributed by atoms with van der Waals surface area (Å²) in [5.74, 6) is -0.436. The second-order valence-electron chi connectivity index (χ2n) is 5.02. The number of halogens is 2. The monoisotopic (exact) mass is 385 g/mol. The number of aromatic nitrogens is 1. The first-order valence-corrected chi connectivity index (χ1v) is 8.61. The quantitative estimate of drug-likeness (QED) is 0.738. The van der Waals surface area contributed by atoms with Gasteiger partial charge in [0.25, 0.3) is 0 Å². The summed E-state index contributed by atoms with van der Waals surface area (Å²) >= 11 is 4.58. The van der Waals surface area contributed by atoms with Gasteiger partial charge in [-0.15, -0.1) is 11.8 Å². The Morgan fingerprint density at radius 3 is 2.95 bits per heavy atom. The number of rotatable bonds is 2. The molecule has 0 spiro atoms. The van der Waals surface area contributed by atoms with Crippen LogP contribution in [0.3, 0.4) is 0 Å². The fourth-order valence-electron chi connectivity index (χ4n) is 2.65. The van der Waals surface area contributed by atoms with Crippen LogP contribution in [0.15, 0.2) is 26.4 Å². The number of nitrogens with zero attached hydrogens (tertiary/aromatic N) is 1. The van der Waals surface area contributed by atoms with Crippen molar-refractivity contribution in [3.05, 3.63) is 38.2 Å². The van der Waals surface area contributed by atoms with Crippen molar-refractivity contribution in [3.8, 4) is 0 Å². The molecule has 0 bridgehead atoms. The number of hydrogen-bond acceptors (Lipinski definition) is 4. The second-order valence-corrected chi connectivity index (χ2v) is 6.82. The molecule has 0 saturated heterocycles. The van der Waals surface area contributed by atoms with Crippen molar-refractivity contribution in [1.82, 2.24) is 4.57 Å². The van der Waals surface area contributed by atoms with Gasteiger partial charge in [-0.25, -0.2) is 9.18 Å². The molecule has 1 atom stereocenters. The lowest BCUT2D eigenvalue weighted by atomic mass is 10.1. The highest BCUT2D eigenvalue weighted by Crippen LogP contribution is 2.39. The molecule has 2 aromatic rings. The van der Waals surface area contributed by atoms with Crippen LogP contribution in [0.1, 0.15) is 30.2 Å². The first-order valence-electron chi connectivity index (χ1n) is 6.83. The number of fused-ring (bicyclic) bond motifs is 3. The van der Waals surface area contributed by atoms with Gasteiger partial charge in [0.2, 0.25) is 5.43 Å². The summed E-state index contributed by atoms with van der Waals surface area (Å²) in [6.45, 7) is 3.86. The van der Waals surface area contributed by atoms with E-state index in [-0.39, 0.29) is 28.1 Å². The zero-order chi connectivity index (χ0) is 16.0. The lowest BCUT2D eigenvalue weighted by Crippen LogP contribution is -2.23. The molecule has 2 heterocycles. The van der Waals surface area contributed by atoms with E-state index in [2.05, 4.69) is 15.9 Å². The molecule has 0 saturated carbocycles. The van der Waals surface area contributed by atoms with Crippen LogP contribution in [0.2, 0.25) is 0 Å². The van der Waals surface area contributed by atoms with E-state index in [1.165, 1.54) is 17.8 Å². The number of thioether (sulfide) groups is 1. The summed E-state index contributed by atoms with van der Waals surface area (Å²) in [7, 11) is 0.